The van der Waals surface area contributed by atoms with E-state index in [9.17, 15) is 4.79 Å². The summed E-state index contributed by atoms with van der Waals surface area (Å²) in [6.07, 6.45) is 9.62. The highest BCUT2D eigenvalue weighted by molar-refractivity contribution is 5.98. The molecule has 0 atom stereocenters. The number of anilines is 1. The van der Waals surface area contributed by atoms with Crippen LogP contribution in [0.5, 0.6) is 0 Å². The van der Waals surface area contributed by atoms with Crippen molar-refractivity contribution in [3.63, 3.8) is 0 Å². The van der Waals surface area contributed by atoms with Crippen molar-refractivity contribution in [2.45, 2.75) is 12.8 Å². The summed E-state index contributed by atoms with van der Waals surface area (Å²) < 4.78 is 21.2. The van der Waals surface area contributed by atoms with Crippen LogP contribution in [0.3, 0.4) is 0 Å². The number of aromatic nitrogens is 6. The molecule has 0 aliphatic heterocycles. The van der Waals surface area contributed by atoms with Gasteiger partial charge in [-0.2, -0.15) is 5.10 Å². The second-order valence-corrected chi connectivity index (χ2v) is 8.81. The average molecular weight is 479 g/mol. The molecule has 5 aromatic heterocycles. The minimum Gasteiger partial charge on any atom is -0.472 e. The van der Waals surface area contributed by atoms with Gasteiger partial charge in [0.25, 0.3) is 0 Å². The summed E-state index contributed by atoms with van der Waals surface area (Å²) in [6, 6.07) is 9.30. The molecule has 1 saturated carbocycles. The Labute approximate surface area is 202 Å². The molecule has 1 amide bonds. The highest BCUT2D eigenvalue weighted by Gasteiger charge is 2.29. The summed E-state index contributed by atoms with van der Waals surface area (Å²) in [7, 11) is 0. The third-order valence-electron chi connectivity index (χ3n) is 6.34. The Morgan fingerprint density at radius 2 is 2.00 bits per heavy atom. The third-order valence-corrected chi connectivity index (χ3v) is 6.34. The maximum Gasteiger partial charge on any atom is 0.227 e. The van der Waals surface area contributed by atoms with Crippen LogP contribution >= 0.6 is 0 Å². The van der Waals surface area contributed by atoms with Crippen molar-refractivity contribution >= 4 is 33.5 Å². The lowest BCUT2D eigenvalue weighted by atomic mass is 10.1. The van der Waals surface area contributed by atoms with Crippen molar-refractivity contribution < 1.29 is 13.6 Å². The Morgan fingerprint density at radius 3 is 2.83 bits per heavy atom. The summed E-state index contributed by atoms with van der Waals surface area (Å²) in [5.74, 6) is -0.133. The minimum absolute atomic E-state index is 0.0466. The molecule has 0 radical (unpaired) electrons. The number of rotatable bonds is 5. The monoisotopic (exact) mass is 479 g/mol. The molecule has 1 aliphatic rings. The first kappa shape index (κ1) is 20.5. The van der Waals surface area contributed by atoms with Crippen molar-refractivity contribution in [2.24, 2.45) is 5.92 Å². The molecule has 7 rings (SSSR count). The summed E-state index contributed by atoms with van der Waals surface area (Å²) >= 11 is 0. The van der Waals surface area contributed by atoms with Crippen molar-refractivity contribution in [3.8, 4) is 33.9 Å². The van der Waals surface area contributed by atoms with Crippen LogP contribution < -0.4 is 5.32 Å². The van der Waals surface area contributed by atoms with E-state index in [1.807, 2.05) is 24.3 Å². The van der Waals surface area contributed by atoms with Crippen LogP contribution in [0.25, 0.3) is 55.8 Å². The van der Waals surface area contributed by atoms with E-state index in [0.717, 1.165) is 35.0 Å². The lowest BCUT2D eigenvalue weighted by Crippen LogP contribution is -2.13. The first-order valence-corrected chi connectivity index (χ1v) is 11.5. The number of furan rings is 1. The first-order valence-electron chi connectivity index (χ1n) is 11.5. The number of nitrogens with zero attached hydrogens (tertiary/aromatic N) is 4. The molecule has 5 heterocycles. The minimum atomic E-state index is -0.556. The Hall–Kier alpha value is -4.86. The summed E-state index contributed by atoms with van der Waals surface area (Å²) in [5, 5.41) is 10.3. The highest BCUT2D eigenvalue weighted by Crippen LogP contribution is 2.35. The van der Waals surface area contributed by atoms with E-state index in [4.69, 9.17) is 9.40 Å². The molecule has 1 aliphatic carbocycles. The van der Waals surface area contributed by atoms with E-state index in [0.29, 0.717) is 28.3 Å². The molecule has 9 nitrogen and oxygen atoms in total. The number of nitrogens with one attached hydrogen (secondary N) is 3. The van der Waals surface area contributed by atoms with Gasteiger partial charge in [0.2, 0.25) is 5.91 Å². The number of carbonyl (C=O) groups is 1. The topological polar surface area (TPSA) is 125 Å². The van der Waals surface area contributed by atoms with Crippen LogP contribution in [0, 0.1) is 11.7 Å². The second-order valence-electron chi connectivity index (χ2n) is 8.81. The fourth-order valence-electron chi connectivity index (χ4n) is 4.37. The van der Waals surface area contributed by atoms with Gasteiger partial charge in [0.15, 0.2) is 11.6 Å². The predicted molar refractivity (Wildman–Crippen MR) is 131 cm³/mol. The molecule has 176 valence electrons. The second kappa shape index (κ2) is 7.84. The van der Waals surface area contributed by atoms with Crippen LogP contribution in [0.2, 0.25) is 0 Å². The summed E-state index contributed by atoms with van der Waals surface area (Å²) in [5.41, 5.74) is 5.13. The largest absolute Gasteiger partial charge is 0.472 e. The number of hydrogen-bond acceptors (Lipinski definition) is 6. The summed E-state index contributed by atoms with van der Waals surface area (Å²) in [6.45, 7) is 0. The zero-order valence-electron chi connectivity index (χ0n) is 18.7. The molecule has 0 unspecified atom stereocenters. The van der Waals surface area contributed by atoms with Gasteiger partial charge in [0.05, 0.1) is 52.5 Å². The number of H-pyrrole nitrogens is 2. The van der Waals surface area contributed by atoms with Crippen LogP contribution in [0.15, 0.2) is 65.9 Å². The number of para-hydroxylation sites is 1. The number of aromatic amines is 2. The fraction of sp³-hybridized carbons (Fsp3) is 0.115. The number of halogens is 1. The number of pyridine rings is 2. The number of amides is 1. The molecule has 0 saturated heterocycles. The van der Waals surface area contributed by atoms with E-state index in [-0.39, 0.29) is 22.9 Å². The van der Waals surface area contributed by atoms with Gasteiger partial charge in [-0.05, 0) is 31.0 Å². The molecule has 6 aromatic rings. The van der Waals surface area contributed by atoms with Crippen molar-refractivity contribution in [2.75, 3.05) is 5.32 Å². The quantitative estimate of drug-likeness (QED) is 0.308. The SMILES string of the molecule is O=C(Nc1cncc(-c2ncc3[nH]nc(-c4nc5c(-c6ccoc6)cccc5[nH]4)c3c2F)c1)C1CC1. The Morgan fingerprint density at radius 1 is 1.08 bits per heavy atom. The first-order chi connectivity index (χ1) is 17.7. The van der Waals surface area contributed by atoms with E-state index in [1.54, 1.807) is 18.6 Å². The van der Waals surface area contributed by atoms with Gasteiger partial charge in [-0.3, -0.25) is 19.9 Å². The zero-order chi connectivity index (χ0) is 24.2. The molecule has 10 heteroatoms. The van der Waals surface area contributed by atoms with E-state index < -0.39 is 5.82 Å². The van der Waals surface area contributed by atoms with Crippen LogP contribution in [0.1, 0.15) is 12.8 Å². The van der Waals surface area contributed by atoms with E-state index in [1.165, 1.54) is 18.6 Å². The Balaban J connectivity index is 1.32. The third kappa shape index (κ3) is 3.34. The highest BCUT2D eigenvalue weighted by atomic mass is 19.1. The van der Waals surface area contributed by atoms with Gasteiger partial charge in [0.1, 0.15) is 11.4 Å². The van der Waals surface area contributed by atoms with Crippen LogP contribution in [-0.2, 0) is 4.79 Å². The molecule has 1 fully saturated rings. The van der Waals surface area contributed by atoms with Crippen molar-refractivity contribution in [3.05, 3.63) is 67.3 Å². The van der Waals surface area contributed by atoms with Gasteiger partial charge < -0.3 is 14.7 Å². The molecule has 0 spiro atoms. The van der Waals surface area contributed by atoms with E-state index >= 15 is 4.39 Å². The van der Waals surface area contributed by atoms with Crippen molar-refractivity contribution in [1.29, 1.82) is 0 Å². The molecule has 3 N–H and O–H groups in total. The molecular weight excluding hydrogens is 461 g/mol. The Kier molecular flexibility index (Phi) is 4.47. The number of hydrogen-bond donors (Lipinski definition) is 3. The predicted octanol–water partition coefficient (Wildman–Crippen LogP) is 5.31. The lowest BCUT2D eigenvalue weighted by Gasteiger charge is -2.07. The standard InChI is InChI=1S/C26H18FN7O2/c27-21-20-19(11-29-22(21)15-8-16(10-28-9-15)30-26(35)13-4-5-13)33-34-24(20)25-31-18-3-1-2-17(23(18)32-25)14-6-7-36-12-14/h1-3,6-13H,4-5H2,(H,30,35)(H,31,32)(H,33,34). The van der Waals surface area contributed by atoms with Crippen LogP contribution in [-0.4, -0.2) is 36.0 Å². The molecule has 36 heavy (non-hydrogen) atoms. The number of benzene rings is 1. The smallest absolute Gasteiger partial charge is 0.227 e. The van der Waals surface area contributed by atoms with Gasteiger partial charge >= 0.3 is 0 Å². The fourth-order valence-corrected chi connectivity index (χ4v) is 4.37. The molecule has 1 aromatic carbocycles. The summed E-state index contributed by atoms with van der Waals surface area (Å²) in [4.78, 5) is 28.6. The molecular formula is C26H18FN7O2. The van der Waals surface area contributed by atoms with Gasteiger partial charge in [0, 0.05) is 28.8 Å². The van der Waals surface area contributed by atoms with E-state index in [2.05, 4.69) is 30.5 Å². The number of carbonyl (C=O) groups excluding carboxylic acids is 1. The Bertz CT molecular complexity index is 1770. The van der Waals surface area contributed by atoms with Gasteiger partial charge in [-0.1, -0.05) is 12.1 Å². The normalized spacial score (nSPS) is 13.5. The van der Waals surface area contributed by atoms with Crippen LogP contribution in [0.4, 0.5) is 10.1 Å². The maximum absolute atomic E-state index is 15.9. The van der Waals surface area contributed by atoms with Gasteiger partial charge in [-0.25, -0.2) is 9.37 Å². The van der Waals surface area contributed by atoms with Crippen molar-refractivity contribution in [1.82, 2.24) is 30.1 Å². The maximum atomic E-state index is 15.9. The number of fused-ring (bicyclic) bond motifs is 2. The number of imidazole rings is 1. The zero-order valence-corrected chi connectivity index (χ0v) is 18.7. The average Bonchev–Trinajstić information content (AvgIpc) is 3.27. The lowest BCUT2D eigenvalue weighted by molar-refractivity contribution is -0.117. The van der Waals surface area contributed by atoms with Gasteiger partial charge in [-0.15, -0.1) is 0 Å². The molecule has 0 bridgehead atoms.